The number of rotatable bonds is 5. The Hall–Kier alpha value is -1.36. The molecular weight excluding hydrogens is 304 g/mol. The standard InChI is InChI=1S/C19H26N2OS/c20-16-7-4-6-15(12-16)14-21-10-3-1-2-8-17(21)13-18(22)19-9-5-11-23-19/h4-7,9,11-12,17-18,22H,1-3,8,10,13-14,20H2. The Balaban J connectivity index is 1.69. The number of nitrogens with two attached hydrogens (primary N) is 1. The monoisotopic (exact) mass is 330 g/mol. The number of benzene rings is 1. The number of aliphatic hydroxyl groups excluding tert-OH is 1. The number of thiophene rings is 1. The minimum atomic E-state index is -0.346. The van der Waals surface area contributed by atoms with Crippen LogP contribution in [0.15, 0.2) is 41.8 Å². The number of likely N-dealkylation sites (tertiary alicyclic amines) is 1. The fourth-order valence-electron chi connectivity index (χ4n) is 3.49. The summed E-state index contributed by atoms with van der Waals surface area (Å²) in [6, 6.07) is 12.7. The second-order valence-electron chi connectivity index (χ2n) is 6.49. The Morgan fingerprint density at radius 3 is 2.91 bits per heavy atom. The smallest absolute Gasteiger partial charge is 0.0896 e. The van der Waals surface area contributed by atoms with Gasteiger partial charge in [-0.15, -0.1) is 11.3 Å². The molecule has 0 saturated carbocycles. The molecule has 1 aliphatic rings. The molecule has 4 heteroatoms. The van der Waals surface area contributed by atoms with Crippen LogP contribution in [0, 0.1) is 0 Å². The zero-order valence-electron chi connectivity index (χ0n) is 13.5. The Kier molecular flexibility index (Phi) is 5.70. The van der Waals surface area contributed by atoms with Crippen LogP contribution >= 0.6 is 11.3 Å². The average molecular weight is 330 g/mol. The Morgan fingerprint density at radius 1 is 1.22 bits per heavy atom. The van der Waals surface area contributed by atoms with E-state index in [4.69, 9.17) is 5.73 Å². The van der Waals surface area contributed by atoms with Gasteiger partial charge in [0.15, 0.2) is 0 Å². The molecule has 3 rings (SSSR count). The lowest BCUT2D eigenvalue weighted by Crippen LogP contribution is -2.35. The van der Waals surface area contributed by atoms with E-state index in [0.717, 1.165) is 30.1 Å². The molecule has 0 aliphatic carbocycles. The third kappa shape index (κ3) is 4.56. The van der Waals surface area contributed by atoms with Gasteiger partial charge >= 0.3 is 0 Å². The van der Waals surface area contributed by atoms with E-state index in [1.54, 1.807) is 11.3 Å². The fourth-order valence-corrected chi connectivity index (χ4v) is 4.22. The van der Waals surface area contributed by atoms with Crippen molar-refractivity contribution in [1.82, 2.24) is 4.90 Å². The van der Waals surface area contributed by atoms with E-state index >= 15 is 0 Å². The summed E-state index contributed by atoms with van der Waals surface area (Å²) in [5.74, 6) is 0. The molecule has 0 spiro atoms. The Bertz CT molecular complexity index is 599. The van der Waals surface area contributed by atoms with Crippen LogP contribution in [0.4, 0.5) is 5.69 Å². The van der Waals surface area contributed by atoms with Gasteiger partial charge in [-0.3, -0.25) is 4.90 Å². The van der Waals surface area contributed by atoms with E-state index in [0.29, 0.717) is 6.04 Å². The highest BCUT2D eigenvalue weighted by Crippen LogP contribution is 2.29. The first kappa shape index (κ1) is 16.5. The molecule has 2 heterocycles. The van der Waals surface area contributed by atoms with Gasteiger partial charge in [-0.25, -0.2) is 0 Å². The van der Waals surface area contributed by atoms with Crippen molar-refractivity contribution in [3.8, 4) is 0 Å². The summed E-state index contributed by atoms with van der Waals surface area (Å²) in [5.41, 5.74) is 8.01. The molecule has 2 unspecified atom stereocenters. The molecule has 0 amide bonds. The van der Waals surface area contributed by atoms with Crippen LogP contribution < -0.4 is 5.73 Å². The molecule has 3 N–H and O–H groups in total. The molecule has 124 valence electrons. The average Bonchev–Trinajstić information content (AvgIpc) is 2.99. The second-order valence-corrected chi connectivity index (χ2v) is 7.46. The molecule has 0 bridgehead atoms. The highest BCUT2D eigenvalue weighted by atomic mass is 32.1. The lowest BCUT2D eigenvalue weighted by Gasteiger charge is -2.31. The zero-order chi connectivity index (χ0) is 16.1. The Labute approximate surface area is 142 Å². The lowest BCUT2D eigenvalue weighted by molar-refractivity contribution is 0.0996. The van der Waals surface area contributed by atoms with E-state index in [-0.39, 0.29) is 6.10 Å². The van der Waals surface area contributed by atoms with Gasteiger partial charge in [0.1, 0.15) is 0 Å². The first-order valence-electron chi connectivity index (χ1n) is 8.52. The maximum absolute atomic E-state index is 10.5. The number of aliphatic hydroxyl groups is 1. The molecule has 23 heavy (non-hydrogen) atoms. The molecule has 1 fully saturated rings. The minimum Gasteiger partial charge on any atom is -0.399 e. The zero-order valence-corrected chi connectivity index (χ0v) is 14.3. The number of nitrogen functional groups attached to an aromatic ring is 1. The summed E-state index contributed by atoms with van der Waals surface area (Å²) in [5, 5.41) is 12.6. The molecule has 2 aromatic rings. The van der Waals surface area contributed by atoms with Gasteiger partial charge in [0.2, 0.25) is 0 Å². The fraction of sp³-hybridized carbons (Fsp3) is 0.474. The summed E-state index contributed by atoms with van der Waals surface area (Å²) < 4.78 is 0. The summed E-state index contributed by atoms with van der Waals surface area (Å²) in [4.78, 5) is 3.62. The van der Waals surface area contributed by atoms with E-state index in [9.17, 15) is 5.11 Å². The molecule has 1 aliphatic heterocycles. The van der Waals surface area contributed by atoms with Crippen molar-refractivity contribution < 1.29 is 5.11 Å². The topological polar surface area (TPSA) is 49.5 Å². The van der Waals surface area contributed by atoms with Gasteiger partial charge in [-0.05, 0) is 54.9 Å². The minimum absolute atomic E-state index is 0.346. The molecular formula is C19H26N2OS. The molecule has 2 atom stereocenters. The molecule has 1 saturated heterocycles. The van der Waals surface area contributed by atoms with Crippen molar-refractivity contribution in [2.24, 2.45) is 0 Å². The largest absolute Gasteiger partial charge is 0.399 e. The maximum Gasteiger partial charge on any atom is 0.0896 e. The number of hydrogen-bond acceptors (Lipinski definition) is 4. The normalized spacial score (nSPS) is 21.0. The van der Waals surface area contributed by atoms with Crippen LogP contribution in [-0.4, -0.2) is 22.6 Å². The number of nitrogens with zero attached hydrogens (tertiary/aromatic N) is 1. The van der Waals surface area contributed by atoms with Crippen LogP contribution in [0.5, 0.6) is 0 Å². The van der Waals surface area contributed by atoms with Gasteiger partial charge in [-0.1, -0.05) is 31.0 Å². The van der Waals surface area contributed by atoms with Crippen LogP contribution in [0.25, 0.3) is 0 Å². The van der Waals surface area contributed by atoms with Gasteiger partial charge < -0.3 is 10.8 Å². The predicted molar refractivity (Wildman–Crippen MR) is 97.4 cm³/mol. The highest BCUT2D eigenvalue weighted by Gasteiger charge is 2.24. The van der Waals surface area contributed by atoms with Crippen LogP contribution in [0.1, 0.15) is 48.6 Å². The van der Waals surface area contributed by atoms with E-state index < -0.39 is 0 Å². The molecule has 0 radical (unpaired) electrons. The van der Waals surface area contributed by atoms with Crippen LogP contribution in [0.2, 0.25) is 0 Å². The first-order chi connectivity index (χ1) is 11.2. The molecule has 1 aromatic carbocycles. The first-order valence-corrected chi connectivity index (χ1v) is 9.40. The van der Waals surface area contributed by atoms with Crippen LogP contribution in [0.3, 0.4) is 0 Å². The van der Waals surface area contributed by atoms with Crippen LogP contribution in [-0.2, 0) is 6.54 Å². The van der Waals surface area contributed by atoms with E-state index in [1.807, 2.05) is 29.6 Å². The van der Waals surface area contributed by atoms with Gasteiger partial charge in [0, 0.05) is 23.2 Å². The molecule has 1 aromatic heterocycles. The SMILES string of the molecule is Nc1cccc(CN2CCCCCC2CC(O)c2cccs2)c1. The van der Waals surface area contributed by atoms with Crippen molar-refractivity contribution in [2.45, 2.75) is 50.8 Å². The number of hydrogen-bond donors (Lipinski definition) is 2. The van der Waals surface area contributed by atoms with Gasteiger partial charge in [0.25, 0.3) is 0 Å². The summed E-state index contributed by atoms with van der Waals surface area (Å²) in [7, 11) is 0. The summed E-state index contributed by atoms with van der Waals surface area (Å²) in [6.07, 6.45) is 5.44. The third-order valence-electron chi connectivity index (χ3n) is 4.70. The van der Waals surface area contributed by atoms with E-state index in [1.165, 1.54) is 31.2 Å². The summed E-state index contributed by atoms with van der Waals surface area (Å²) >= 11 is 1.65. The lowest BCUT2D eigenvalue weighted by atomic mass is 10.0. The number of anilines is 1. The van der Waals surface area contributed by atoms with Crippen molar-refractivity contribution >= 4 is 17.0 Å². The van der Waals surface area contributed by atoms with Gasteiger partial charge in [-0.2, -0.15) is 0 Å². The molecule has 3 nitrogen and oxygen atoms in total. The summed E-state index contributed by atoms with van der Waals surface area (Å²) in [6.45, 7) is 2.03. The van der Waals surface area contributed by atoms with E-state index in [2.05, 4.69) is 17.0 Å². The second kappa shape index (κ2) is 7.95. The van der Waals surface area contributed by atoms with Crippen molar-refractivity contribution in [3.05, 3.63) is 52.2 Å². The van der Waals surface area contributed by atoms with Crippen molar-refractivity contribution in [3.63, 3.8) is 0 Å². The Morgan fingerprint density at radius 2 is 2.13 bits per heavy atom. The predicted octanol–water partition coefficient (Wildman–Crippen LogP) is 4.20. The third-order valence-corrected chi connectivity index (χ3v) is 5.68. The van der Waals surface area contributed by atoms with Gasteiger partial charge in [0.05, 0.1) is 6.10 Å². The van der Waals surface area contributed by atoms with Crippen molar-refractivity contribution in [1.29, 1.82) is 0 Å². The highest BCUT2D eigenvalue weighted by molar-refractivity contribution is 7.10. The maximum atomic E-state index is 10.5. The quantitative estimate of drug-likeness (QED) is 0.808. The van der Waals surface area contributed by atoms with Crippen molar-refractivity contribution in [2.75, 3.05) is 12.3 Å².